The average molecular weight is 258 g/mol. The van der Waals surface area contributed by atoms with Gasteiger partial charge in [-0.15, -0.1) is 11.3 Å². The lowest BCUT2D eigenvalue weighted by Gasteiger charge is -2.23. The van der Waals surface area contributed by atoms with Gasteiger partial charge in [0.2, 0.25) is 0 Å². The van der Waals surface area contributed by atoms with E-state index in [-0.39, 0.29) is 17.9 Å². The van der Waals surface area contributed by atoms with Crippen molar-refractivity contribution in [3.8, 4) is 6.07 Å². The number of nitriles is 1. The molecule has 1 fully saturated rings. The van der Waals surface area contributed by atoms with Gasteiger partial charge < -0.3 is 5.11 Å². The van der Waals surface area contributed by atoms with Gasteiger partial charge in [-0.3, -0.25) is 0 Å². The van der Waals surface area contributed by atoms with E-state index in [0.717, 1.165) is 0 Å². The Morgan fingerprint density at radius 1 is 1.69 bits per heavy atom. The van der Waals surface area contributed by atoms with E-state index in [9.17, 15) is 13.5 Å². The number of aromatic nitrogens is 1. The molecule has 1 aliphatic rings. The van der Waals surface area contributed by atoms with Gasteiger partial charge in [0, 0.05) is 5.38 Å². The highest BCUT2D eigenvalue weighted by atomic mass is 32.2. The number of rotatable bonds is 2. The van der Waals surface area contributed by atoms with E-state index in [2.05, 4.69) is 4.98 Å². The minimum atomic E-state index is -3.21. The van der Waals surface area contributed by atoms with Gasteiger partial charge in [-0.05, 0) is 6.42 Å². The summed E-state index contributed by atoms with van der Waals surface area (Å²) in [7, 11) is -3.21. The predicted molar refractivity (Wildman–Crippen MR) is 58.4 cm³/mol. The summed E-state index contributed by atoms with van der Waals surface area (Å²) in [4.78, 5) is 3.92. The van der Waals surface area contributed by atoms with Gasteiger partial charge >= 0.3 is 0 Å². The lowest BCUT2D eigenvalue weighted by Crippen LogP contribution is -2.29. The normalized spacial score (nSPS) is 29.8. The molecule has 0 aliphatic carbocycles. The smallest absolute Gasteiger partial charge is 0.152 e. The molecule has 1 N–H and O–H groups in total. The van der Waals surface area contributed by atoms with Crippen molar-refractivity contribution in [3.05, 3.63) is 16.6 Å². The molecule has 0 spiro atoms. The summed E-state index contributed by atoms with van der Waals surface area (Å²) < 4.78 is 22.8. The number of hydrogen-bond donors (Lipinski definition) is 1. The monoisotopic (exact) mass is 258 g/mol. The second-order valence-electron chi connectivity index (χ2n) is 3.93. The Kier molecular flexibility index (Phi) is 2.74. The Labute approximate surface area is 97.3 Å². The summed E-state index contributed by atoms with van der Waals surface area (Å²) in [5.74, 6) is -0.322. The molecular formula is C9H10N2O3S2. The average Bonchev–Trinajstić information content (AvgIpc) is 2.85. The van der Waals surface area contributed by atoms with E-state index in [1.54, 1.807) is 10.9 Å². The van der Waals surface area contributed by atoms with Crippen LogP contribution in [0.1, 0.15) is 18.2 Å². The zero-order valence-electron chi connectivity index (χ0n) is 8.33. The van der Waals surface area contributed by atoms with Crippen LogP contribution in [0.5, 0.6) is 0 Å². The molecule has 0 amide bonds. The van der Waals surface area contributed by atoms with Gasteiger partial charge in [-0.2, -0.15) is 5.26 Å². The summed E-state index contributed by atoms with van der Waals surface area (Å²) >= 11 is 1.31. The van der Waals surface area contributed by atoms with Crippen LogP contribution in [0.4, 0.5) is 0 Å². The minimum Gasteiger partial charge on any atom is -0.385 e. The van der Waals surface area contributed by atoms with Gasteiger partial charge in [-0.25, -0.2) is 13.4 Å². The van der Waals surface area contributed by atoms with Crippen LogP contribution in [-0.4, -0.2) is 30.0 Å². The Morgan fingerprint density at radius 2 is 2.44 bits per heavy atom. The molecule has 1 saturated heterocycles. The van der Waals surface area contributed by atoms with Crippen LogP contribution >= 0.6 is 11.3 Å². The third kappa shape index (κ3) is 1.84. The highest BCUT2D eigenvalue weighted by Gasteiger charge is 2.49. The first-order valence-corrected chi connectivity index (χ1v) is 7.43. The molecule has 0 aromatic carbocycles. The first-order valence-electron chi connectivity index (χ1n) is 4.67. The quantitative estimate of drug-likeness (QED) is 0.834. The van der Waals surface area contributed by atoms with Gasteiger partial charge in [0.1, 0.15) is 11.5 Å². The Morgan fingerprint density at radius 3 is 2.88 bits per heavy atom. The zero-order valence-corrected chi connectivity index (χ0v) is 9.96. The van der Waals surface area contributed by atoms with E-state index in [1.807, 2.05) is 6.07 Å². The van der Waals surface area contributed by atoms with Crippen LogP contribution in [0.15, 0.2) is 10.9 Å². The van der Waals surface area contributed by atoms with Gasteiger partial charge in [0.25, 0.3) is 0 Å². The fraction of sp³-hybridized carbons (Fsp3) is 0.556. The number of sulfone groups is 1. The predicted octanol–water partition coefficient (Wildman–Crippen LogP) is 0.505. The molecule has 1 aliphatic heterocycles. The van der Waals surface area contributed by atoms with E-state index in [1.165, 1.54) is 11.3 Å². The lowest BCUT2D eigenvalue weighted by molar-refractivity contribution is 0.0760. The van der Waals surface area contributed by atoms with Gasteiger partial charge in [-0.1, -0.05) is 0 Å². The molecular weight excluding hydrogens is 248 g/mol. The fourth-order valence-electron chi connectivity index (χ4n) is 1.88. The van der Waals surface area contributed by atoms with Crippen LogP contribution in [0.3, 0.4) is 0 Å². The highest BCUT2D eigenvalue weighted by molar-refractivity contribution is 7.91. The second kappa shape index (κ2) is 3.80. The molecule has 2 rings (SSSR count). The number of aliphatic hydroxyl groups excluding tert-OH is 1. The highest BCUT2D eigenvalue weighted by Crippen LogP contribution is 2.42. The first kappa shape index (κ1) is 11.5. The Hall–Kier alpha value is -0.970. The topological polar surface area (TPSA) is 91.0 Å². The lowest BCUT2D eigenvalue weighted by atomic mass is 9.82. The molecule has 2 unspecified atom stereocenters. The molecule has 5 nitrogen and oxygen atoms in total. The van der Waals surface area contributed by atoms with Crippen molar-refractivity contribution in [1.29, 1.82) is 5.26 Å². The summed E-state index contributed by atoms with van der Waals surface area (Å²) in [5, 5.41) is 20.8. The van der Waals surface area contributed by atoms with E-state index < -0.39 is 21.4 Å². The maximum atomic E-state index is 11.4. The Bertz CT molecular complexity index is 517. The molecule has 0 bridgehead atoms. The van der Waals surface area contributed by atoms with Crippen molar-refractivity contribution >= 4 is 21.2 Å². The summed E-state index contributed by atoms with van der Waals surface area (Å²) in [6.45, 7) is 0. The number of thiazole rings is 1. The second-order valence-corrected chi connectivity index (χ2v) is 6.83. The van der Waals surface area contributed by atoms with Crippen molar-refractivity contribution in [2.24, 2.45) is 5.41 Å². The molecule has 86 valence electrons. The summed E-state index contributed by atoms with van der Waals surface area (Å²) in [5.41, 5.74) is 0.698. The molecule has 7 heteroatoms. The van der Waals surface area contributed by atoms with Crippen LogP contribution in [0, 0.1) is 16.7 Å². The molecule has 1 aromatic heterocycles. The van der Waals surface area contributed by atoms with Crippen molar-refractivity contribution in [3.63, 3.8) is 0 Å². The molecule has 1 aromatic rings. The minimum absolute atomic E-state index is 0.0399. The van der Waals surface area contributed by atoms with Gasteiger partial charge in [0.05, 0.1) is 28.8 Å². The van der Waals surface area contributed by atoms with Crippen LogP contribution in [0.2, 0.25) is 0 Å². The zero-order chi connectivity index (χ0) is 11.8. The van der Waals surface area contributed by atoms with Crippen molar-refractivity contribution in [1.82, 2.24) is 4.98 Å². The van der Waals surface area contributed by atoms with E-state index >= 15 is 0 Å². The van der Waals surface area contributed by atoms with E-state index in [4.69, 9.17) is 5.26 Å². The molecule has 0 radical (unpaired) electrons. The largest absolute Gasteiger partial charge is 0.385 e. The van der Waals surface area contributed by atoms with E-state index in [0.29, 0.717) is 5.69 Å². The maximum Gasteiger partial charge on any atom is 0.152 e. The van der Waals surface area contributed by atoms with Crippen LogP contribution in [0.25, 0.3) is 0 Å². The van der Waals surface area contributed by atoms with Crippen LogP contribution < -0.4 is 0 Å². The summed E-state index contributed by atoms with van der Waals surface area (Å²) in [6.07, 6.45) is -0.953. The first-order chi connectivity index (χ1) is 7.49. The molecule has 0 saturated carbocycles. The standard InChI is InChI=1S/C9H10N2O3S2/c10-4-9(1-2-16(13,14)5-9)8(12)7-3-15-6-11-7/h3,6,8,12H,1-2,5H2. The fourth-order valence-corrected chi connectivity index (χ4v) is 4.42. The number of aliphatic hydroxyl groups is 1. The summed E-state index contributed by atoms with van der Waals surface area (Å²) in [6, 6.07) is 1.96. The molecule has 2 heterocycles. The molecule has 2 atom stereocenters. The Balaban J connectivity index is 2.35. The van der Waals surface area contributed by atoms with Crippen molar-refractivity contribution < 1.29 is 13.5 Å². The van der Waals surface area contributed by atoms with Crippen molar-refractivity contribution in [2.45, 2.75) is 12.5 Å². The van der Waals surface area contributed by atoms with Gasteiger partial charge in [0.15, 0.2) is 9.84 Å². The number of nitrogens with zero attached hydrogens (tertiary/aromatic N) is 2. The third-order valence-corrected chi connectivity index (χ3v) is 5.20. The maximum absolute atomic E-state index is 11.4. The van der Waals surface area contributed by atoms with Crippen LogP contribution in [-0.2, 0) is 9.84 Å². The third-order valence-electron chi connectivity index (χ3n) is 2.81. The molecule has 16 heavy (non-hydrogen) atoms. The number of hydrogen-bond acceptors (Lipinski definition) is 6. The van der Waals surface area contributed by atoms with Crippen molar-refractivity contribution in [2.75, 3.05) is 11.5 Å². The SMILES string of the molecule is N#CC1(C(O)c2cscn2)CCS(=O)(=O)C1.